The van der Waals surface area contributed by atoms with Gasteiger partial charge in [-0.05, 0) is 38.8 Å². The number of carbonyl (C=O) groups is 4. The Balaban J connectivity index is 0.000000391. The molecule has 0 bridgehead atoms. The van der Waals surface area contributed by atoms with Gasteiger partial charge in [0.25, 0.3) is 0 Å². The third-order valence-electron chi connectivity index (χ3n) is 4.02. The van der Waals surface area contributed by atoms with Crippen LogP contribution in [0.4, 0.5) is 0 Å². The van der Waals surface area contributed by atoms with Gasteiger partial charge in [-0.1, -0.05) is 12.8 Å². The first kappa shape index (κ1) is 25.7. The predicted molar refractivity (Wildman–Crippen MR) is 93.8 cm³/mol. The highest BCUT2D eigenvalue weighted by atomic mass is 16.4. The van der Waals surface area contributed by atoms with Gasteiger partial charge < -0.3 is 41.3 Å². The van der Waals surface area contributed by atoms with Crippen molar-refractivity contribution in [2.24, 2.45) is 0 Å². The second-order valence-corrected chi connectivity index (χ2v) is 6.25. The maximum Gasteiger partial charge on any atom is 0.335 e. The minimum Gasteiger partial charge on any atom is -0.480 e. The van der Waals surface area contributed by atoms with E-state index in [4.69, 9.17) is 30.6 Å². The van der Waals surface area contributed by atoms with Gasteiger partial charge >= 0.3 is 23.9 Å². The molecule has 8 N–H and O–H groups in total. The lowest BCUT2D eigenvalue weighted by Crippen LogP contribution is -2.40. The molecule has 12 nitrogen and oxygen atoms in total. The molecule has 2 aliphatic rings. The van der Waals surface area contributed by atoms with Crippen LogP contribution in [0, 0.1) is 0 Å². The lowest BCUT2D eigenvalue weighted by molar-refractivity contribution is -0.165. The van der Waals surface area contributed by atoms with Gasteiger partial charge in [-0.15, -0.1) is 0 Å². The molecule has 4 atom stereocenters. The van der Waals surface area contributed by atoms with Crippen molar-refractivity contribution < 1.29 is 49.8 Å². The van der Waals surface area contributed by atoms with Crippen molar-refractivity contribution in [1.29, 1.82) is 0 Å². The van der Waals surface area contributed by atoms with E-state index in [2.05, 4.69) is 10.6 Å². The molecule has 28 heavy (non-hydrogen) atoms. The number of rotatable bonds is 5. The van der Waals surface area contributed by atoms with E-state index in [1.807, 2.05) is 0 Å². The van der Waals surface area contributed by atoms with Gasteiger partial charge in [-0.25, -0.2) is 9.59 Å². The van der Waals surface area contributed by atoms with Gasteiger partial charge in [-0.2, -0.15) is 0 Å². The number of hydrogen-bond acceptors (Lipinski definition) is 8. The lowest BCUT2D eigenvalue weighted by Gasteiger charge is -2.18. The average molecular weight is 408 g/mol. The zero-order chi connectivity index (χ0) is 21.7. The first-order valence-electron chi connectivity index (χ1n) is 8.82. The summed E-state index contributed by atoms with van der Waals surface area (Å²) in [6.45, 7) is 1.72. The van der Waals surface area contributed by atoms with Gasteiger partial charge in [0.2, 0.25) is 0 Å². The van der Waals surface area contributed by atoms with Crippen molar-refractivity contribution in [3.8, 4) is 0 Å². The Morgan fingerprint density at radius 2 is 0.964 bits per heavy atom. The Morgan fingerprint density at radius 3 is 1.11 bits per heavy atom. The van der Waals surface area contributed by atoms with E-state index in [1.54, 1.807) is 0 Å². The van der Waals surface area contributed by atoms with Crippen molar-refractivity contribution in [3.05, 3.63) is 0 Å². The molecule has 2 fully saturated rings. The first-order chi connectivity index (χ1) is 13.1. The number of carboxylic acid groups (broad SMARTS) is 4. The summed E-state index contributed by atoms with van der Waals surface area (Å²) in [5, 5.41) is 55.3. The molecule has 0 spiro atoms. The van der Waals surface area contributed by atoms with E-state index >= 15 is 0 Å². The molecule has 0 aromatic carbocycles. The van der Waals surface area contributed by atoms with Gasteiger partial charge in [0.05, 0.1) is 0 Å². The Kier molecular flexibility index (Phi) is 12.7. The van der Waals surface area contributed by atoms with Crippen LogP contribution in [0.3, 0.4) is 0 Å². The highest BCUT2D eigenvalue weighted by molar-refractivity contribution is 5.83. The largest absolute Gasteiger partial charge is 0.480 e. The SMILES string of the molecule is O=C(O)[C@H](O)[C@@H](O)C(=O)O.O=C(O)[C@H]1CCCCN1.O=C(O)[C@H]1CCCCN1. The number of piperidine rings is 2. The topological polar surface area (TPSA) is 214 Å². The fourth-order valence-corrected chi connectivity index (χ4v) is 2.40. The van der Waals surface area contributed by atoms with Gasteiger partial charge in [0.1, 0.15) is 12.1 Å². The molecule has 12 heteroatoms. The van der Waals surface area contributed by atoms with Crippen LogP contribution in [0.2, 0.25) is 0 Å². The average Bonchev–Trinajstić information content (AvgIpc) is 2.69. The minimum atomic E-state index is -2.27. The molecule has 0 aromatic rings. The Hall–Kier alpha value is -2.28. The third-order valence-corrected chi connectivity index (χ3v) is 4.02. The smallest absolute Gasteiger partial charge is 0.335 e. The zero-order valence-corrected chi connectivity index (χ0v) is 15.3. The number of aliphatic hydroxyl groups is 2. The predicted octanol–water partition coefficient (Wildman–Crippen LogP) is -1.70. The molecular weight excluding hydrogens is 380 g/mol. The van der Waals surface area contributed by atoms with E-state index < -0.39 is 36.1 Å². The molecule has 2 saturated heterocycles. The standard InChI is InChI=1S/2C6H11NO2.C4H6O6/c2*8-6(9)5-3-1-2-4-7-5;5-1(3(7)8)2(6)4(9)10/h2*5,7H,1-4H2,(H,8,9);1-2,5-6H,(H,7,8)(H,9,10)/t2*5-;1-,2-/m111/s1. The molecule has 2 aliphatic heterocycles. The van der Waals surface area contributed by atoms with Gasteiger partial charge in [-0.3, -0.25) is 9.59 Å². The summed E-state index contributed by atoms with van der Waals surface area (Å²) in [6, 6.07) is -0.558. The Labute approximate surface area is 161 Å². The van der Waals surface area contributed by atoms with E-state index in [-0.39, 0.29) is 12.1 Å². The summed E-state index contributed by atoms with van der Waals surface area (Å²) >= 11 is 0. The summed E-state index contributed by atoms with van der Waals surface area (Å²) in [5.41, 5.74) is 0. The summed E-state index contributed by atoms with van der Waals surface area (Å²) in [7, 11) is 0. The molecule has 0 radical (unpaired) electrons. The van der Waals surface area contributed by atoms with Crippen LogP contribution in [0.15, 0.2) is 0 Å². The normalized spacial score (nSPS) is 23.5. The molecule has 0 unspecified atom stereocenters. The number of aliphatic hydroxyl groups excluding tert-OH is 2. The molecule has 0 aliphatic carbocycles. The van der Waals surface area contributed by atoms with E-state index in [0.29, 0.717) is 0 Å². The zero-order valence-electron chi connectivity index (χ0n) is 15.3. The van der Waals surface area contributed by atoms with Crippen molar-refractivity contribution in [3.63, 3.8) is 0 Å². The highest BCUT2D eigenvalue weighted by Crippen LogP contribution is 2.06. The van der Waals surface area contributed by atoms with Crippen molar-refractivity contribution in [2.45, 2.75) is 62.8 Å². The fraction of sp³-hybridized carbons (Fsp3) is 0.750. The maximum absolute atomic E-state index is 10.3. The monoisotopic (exact) mass is 408 g/mol. The van der Waals surface area contributed by atoms with Crippen molar-refractivity contribution in [1.82, 2.24) is 10.6 Å². The Morgan fingerprint density at radius 1 is 0.643 bits per heavy atom. The molecule has 0 saturated carbocycles. The molecule has 0 aromatic heterocycles. The number of nitrogens with one attached hydrogen (secondary N) is 2. The van der Waals surface area contributed by atoms with Crippen LogP contribution >= 0.6 is 0 Å². The first-order valence-corrected chi connectivity index (χ1v) is 8.82. The maximum atomic E-state index is 10.3. The van der Waals surface area contributed by atoms with Crippen molar-refractivity contribution >= 4 is 23.9 Å². The van der Waals surface area contributed by atoms with E-state index in [1.165, 1.54) is 0 Å². The van der Waals surface area contributed by atoms with E-state index in [9.17, 15) is 19.2 Å². The summed E-state index contributed by atoms with van der Waals surface area (Å²) in [5.74, 6) is -4.96. The number of carboxylic acids is 4. The van der Waals surface area contributed by atoms with E-state index in [0.717, 1.165) is 51.6 Å². The molecule has 162 valence electrons. The van der Waals surface area contributed by atoms with Crippen LogP contribution in [0.1, 0.15) is 38.5 Å². The summed E-state index contributed by atoms with van der Waals surface area (Å²) in [6.07, 6.45) is 1.36. The van der Waals surface area contributed by atoms with Crippen LogP contribution in [0.25, 0.3) is 0 Å². The second-order valence-electron chi connectivity index (χ2n) is 6.25. The summed E-state index contributed by atoms with van der Waals surface area (Å²) < 4.78 is 0. The van der Waals surface area contributed by atoms with Gasteiger partial charge in [0.15, 0.2) is 12.2 Å². The lowest BCUT2D eigenvalue weighted by atomic mass is 10.1. The fourth-order valence-electron chi connectivity index (χ4n) is 2.40. The van der Waals surface area contributed by atoms with Crippen LogP contribution in [-0.2, 0) is 19.2 Å². The van der Waals surface area contributed by atoms with Crippen LogP contribution in [0.5, 0.6) is 0 Å². The number of hydrogen-bond donors (Lipinski definition) is 8. The quantitative estimate of drug-likeness (QED) is 0.256. The van der Waals surface area contributed by atoms with Gasteiger partial charge in [0, 0.05) is 0 Å². The molecular formula is C16H28N2O10. The van der Waals surface area contributed by atoms with Crippen molar-refractivity contribution in [2.75, 3.05) is 13.1 Å². The molecule has 2 heterocycles. The third kappa shape index (κ3) is 10.8. The Bertz CT molecular complexity index is 470. The van der Waals surface area contributed by atoms with Crippen LogP contribution < -0.4 is 10.6 Å². The van der Waals surface area contributed by atoms with Crippen LogP contribution in [-0.4, -0.2) is 91.9 Å². The number of aliphatic carboxylic acids is 4. The molecule has 0 amide bonds. The minimum absolute atomic E-state index is 0.279. The highest BCUT2D eigenvalue weighted by Gasteiger charge is 2.29. The second kappa shape index (κ2) is 13.8. The molecule has 2 rings (SSSR count). The summed E-state index contributed by atoms with van der Waals surface area (Å²) in [4.78, 5) is 40.1.